The number of halogens is 1. The number of nitrogens with one attached hydrogen (secondary N) is 1. The average Bonchev–Trinajstić information content (AvgIpc) is 2.41. The minimum Gasteiger partial charge on any atom is -0.462 e. The molecule has 1 aliphatic heterocycles. The van der Waals surface area contributed by atoms with Gasteiger partial charge in [0.1, 0.15) is 11.4 Å². The van der Waals surface area contributed by atoms with E-state index in [4.69, 9.17) is 4.74 Å². The molecule has 6 nitrogen and oxygen atoms in total. The van der Waals surface area contributed by atoms with E-state index in [2.05, 4.69) is 5.32 Å². The Bertz CT molecular complexity index is 518. The molecule has 3 N–H and O–H groups in total. The first-order valence-corrected chi connectivity index (χ1v) is 6.08. The minimum absolute atomic E-state index is 0.0403. The van der Waals surface area contributed by atoms with Crippen molar-refractivity contribution in [3.63, 3.8) is 0 Å². The van der Waals surface area contributed by atoms with E-state index in [1.54, 1.807) is 6.92 Å². The SMILES string of the molecule is CCOC(=O)C1=CNC(O)N(c2ccc(F)cc2)C1O. The maximum Gasteiger partial charge on any atom is 0.340 e. The van der Waals surface area contributed by atoms with Crippen LogP contribution in [0.3, 0.4) is 0 Å². The highest BCUT2D eigenvalue weighted by molar-refractivity contribution is 5.90. The molecule has 1 aromatic carbocycles. The number of esters is 1. The Morgan fingerprint density at radius 3 is 2.65 bits per heavy atom. The summed E-state index contributed by atoms with van der Waals surface area (Å²) in [6, 6.07) is 5.16. The number of hydrogen-bond acceptors (Lipinski definition) is 6. The zero-order chi connectivity index (χ0) is 14.7. The second-order valence-corrected chi connectivity index (χ2v) is 4.12. The maximum atomic E-state index is 12.9. The lowest BCUT2D eigenvalue weighted by Crippen LogP contribution is -2.55. The summed E-state index contributed by atoms with van der Waals surface area (Å²) >= 11 is 0. The van der Waals surface area contributed by atoms with Gasteiger partial charge >= 0.3 is 5.97 Å². The number of ether oxygens (including phenoxy) is 1. The van der Waals surface area contributed by atoms with E-state index in [0.29, 0.717) is 5.69 Å². The molecule has 0 bridgehead atoms. The Morgan fingerprint density at radius 1 is 1.40 bits per heavy atom. The summed E-state index contributed by atoms with van der Waals surface area (Å²) in [5.41, 5.74) is 0.315. The molecule has 108 valence electrons. The highest BCUT2D eigenvalue weighted by Gasteiger charge is 2.34. The van der Waals surface area contributed by atoms with Gasteiger partial charge in [-0.15, -0.1) is 0 Å². The lowest BCUT2D eigenvalue weighted by atomic mass is 10.1. The number of carbonyl (C=O) groups is 1. The van der Waals surface area contributed by atoms with Crippen LogP contribution in [-0.2, 0) is 9.53 Å². The highest BCUT2D eigenvalue weighted by Crippen LogP contribution is 2.24. The molecule has 0 saturated carbocycles. The molecule has 0 spiro atoms. The zero-order valence-corrected chi connectivity index (χ0v) is 10.8. The molecular weight excluding hydrogens is 267 g/mol. The first kappa shape index (κ1) is 14.3. The molecule has 1 aromatic rings. The third kappa shape index (κ3) is 2.73. The predicted octanol–water partition coefficient (Wildman–Crippen LogP) is 0.277. The standard InChI is InChI=1S/C13H15FN2O4/c1-2-20-12(18)10-7-15-13(19)16(11(10)17)9-5-3-8(14)4-6-9/h3-7,11,13,15,17,19H,2H2,1H3. The van der Waals surface area contributed by atoms with Crippen molar-refractivity contribution >= 4 is 11.7 Å². The van der Waals surface area contributed by atoms with Crippen LogP contribution in [0, 0.1) is 5.82 Å². The minimum atomic E-state index is -1.39. The molecule has 7 heteroatoms. The first-order valence-electron chi connectivity index (χ1n) is 6.08. The van der Waals surface area contributed by atoms with Gasteiger partial charge in [-0.2, -0.15) is 0 Å². The van der Waals surface area contributed by atoms with Crippen LogP contribution in [0.25, 0.3) is 0 Å². The van der Waals surface area contributed by atoms with E-state index in [1.807, 2.05) is 0 Å². The van der Waals surface area contributed by atoms with Crippen molar-refractivity contribution in [1.82, 2.24) is 5.32 Å². The van der Waals surface area contributed by atoms with Gasteiger partial charge < -0.3 is 20.3 Å². The van der Waals surface area contributed by atoms with Gasteiger partial charge in [-0.1, -0.05) is 0 Å². The number of anilines is 1. The summed E-state index contributed by atoms with van der Waals surface area (Å²) in [6.07, 6.45) is -1.43. The molecule has 0 aliphatic carbocycles. The Morgan fingerprint density at radius 2 is 2.05 bits per heavy atom. The number of aliphatic hydroxyl groups excluding tert-OH is 2. The van der Waals surface area contributed by atoms with Crippen LogP contribution in [0.2, 0.25) is 0 Å². The number of rotatable bonds is 3. The molecule has 2 unspecified atom stereocenters. The van der Waals surface area contributed by atoms with Crippen LogP contribution in [0.15, 0.2) is 36.0 Å². The molecule has 20 heavy (non-hydrogen) atoms. The van der Waals surface area contributed by atoms with E-state index in [0.717, 1.165) is 4.90 Å². The van der Waals surface area contributed by atoms with Gasteiger partial charge in [-0.25, -0.2) is 9.18 Å². The fraction of sp³-hybridized carbons (Fsp3) is 0.308. The van der Waals surface area contributed by atoms with Crippen LogP contribution in [0.4, 0.5) is 10.1 Å². The summed E-state index contributed by atoms with van der Waals surface area (Å²) in [7, 11) is 0. The van der Waals surface area contributed by atoms with Gasteiger partial charge in [0, 0.05) is 11.9 Å². The van der Waals surface area contributed by atoms with E-state index in [1.165, 1.54) is 30.5 Å². The Kier molecular flexibility index (Phi) is 4.21. The zero-order valence-electron chi connectivity index (χ0n) is 10.8. The van der Waals surface area contributed by atoms with Crippen LogP contribution < -0.4 is 10.2 Å². The van der Waals surface area contributed by atoms with Gasteiger partial charge in [-0.05, 0) is 31.2 Å². The second kappa shape index (κ2) is 5.89. The highest BCUT2D eigenvalue weighted by atomic mass is 19.1. The van der Waals surface area contributed by atoms with Gasteiger partial charge in [0.2, 0.25) is 6.35 Å². The van der Waals surface area contributed by atoms with Gasteiger partial charge in [0.05, 0.1) is 6.61 Å². The molecule has 0 amide bonds. The van der Waals surface area contributed by atoms with Crippen molar-refractivity contribution in [2.75, 3.05) is 11.5 Å². The van der Waals surface area contributed by atoms with Crippen LogP contribution in [0.1, 0.15) is 6.92 Å². The molecule has 1 heterocycles. The second-order valence-electron chi connectivity index (χ2n) is 4.12. The van der Waals surface area contributed by atoms with E-state index < -0.39 is 24.4 Å². The van der Waals surface area contributed by atoms with Crippen molar-refractivity contribution in [1.29, 1.82) is 0 Å². The topological polar surface area (TPSA) is 82.0 Å². The van der Waals surface area contributed by atoms with E-state index in [-0.39, 0.29) is 12.2 Å². The van der Waals surface area contributed by atoms with Crippen molar-refractivity contribution < 1.29 is 24.1 Å². The quantitative estimate of drug-likeness (QED) is 0.691. The Labute approximate surface area is 115 Å². The number of carbonyl (C=O) groups excluding carboxylic acids is 1. The summed E-state index contributed by atoms with van der Waals surface area (Å²) in [5.74, 6) is -1.13. The van der Waals surface area contributed by atoms with Gasteiger partial charge in [-0.3, -0.25) is 4.90 Å². The number of hydrogen-bond donors (Lipinski definition) is 3. The van der Waals surface area contributed by atoms with E-state index >= 15 is 0 Å². The Hall–Kier alpha value is -2.12. The third-order valence-corrected chi connectivity index (χ3v) is 2.83. The summed E-state index contributed by atoms with van der Waals surface area (Å²) in [5, 5.41) is 22.6. The Balaban J connectivity index is 2.27. The van der Waals surface area contributed by atoms with Crippen LogP contribution in [-0.4, -0.2) is 35.4 Å². The summed E-state index contributed by atoms with van der Waals surface area (Å²) in [4.78, 5) is 12.8. The molecule has 1 aliphatic rings. The average molecular weight is 282 g/mol. The first-order chi connectivity index (χ1) is 9.54. The molecule has 0 aromatic heterocycles. The molecule has 2 atom stereocenters. The normalized spacial score (nSPS) is 22.0. The van der Waals surface area contributed by atoms with Crippen molar-refractivity contribution in [3.8, 4) is 0 Å². The molecule has 0 fully saturated rings. The number of benzene rings is 1. The third-order valence-electron chi connectivity index (χ3n) is 2.83. The molecule has 0 saturated heterocycles. The summed E-state index contributed by atoms with van der Waals surface area (Å²) in [6.45, 7) is 1.82. The lowest BCUT2D eigenvalue weighted by Gasteiger charge is -2.38. The number of nitrogens with zero attached hydrogens (tertiary/aromatic N) is 1. The maximum absolute atomic E-state index is 12.9. The van der Waals surface area contributed by atoms with Gasteiger partial charge in [0.15, 0.2) is 6.23 Å². The largest absolute Gasteiger partial charge is 0.462 e. The smallest absolute Gasteiger partial charge is 0.340 e. The van der Waals surface area contributed by atoms with Crippen LogP contribution >= 0.6 is 0 Å². The van der Waals surface area contributed by atoms with Gasteiger partial charge in [0.25, 0.3) is 0 Å². The fourth-order valence-electron chi connectivity index (χ4n) is 1.88. The molecular formula is C13H15FN2O4. The molecule has 0 radical (unpaired) electrons. The monoisotopic (exact) mass is 282 g/mol. The van der Waals surface area contributed by atoms with E-state index in [9.17, 15) is 19.4 Å². The number of aliphatic hydroxyl groups is 2. The van der Waals surface area contributed by atoms with Crippen molar-refractivity contribution in [3.05, 3.63) is 41.9 Å². The van der Waals surface area contributed by atoms with Crippen molar-refractivity contribution in [2.45, 2.75) is 19.5 Å². The lowest BCUT2D eigenvalue weighted by molar-refractivity contribution is -0.140. The fourth-order valence-corrected chi connectivity index (χ4v) is 1.88. The predicted molar refractivity (Wildman–Crippen MR) is 68.7 cm³/mol. The molecule has 2 rings (SSSR count). The van der Waals surface area contributed by atoms with Crippen LogP contribution in [0.5, 0.6) is 0 Å². The summed E-state index contributed by atoms with van der Waals surface area (Å²) < 4.78 is 17.7. The van der Waals surface area contributed by atoms with Crippen molar-refractivity contribution in [2.24, 2.45) is 0 Å².